The number of aromatic carboxylic acids is 1. The first-order valence-electron chi connectivity index (χ1n) is 10.4. The van der Waals surface area contributed by atoms with E-state index in [1.807, 2.05) is 30.3 Å². The molecule has 174 valence electrons. The van der Waals surface area contributed by atoms with Crippen LogP contribution in [-0.2, 0) is 6.61 Å². The van der Waals surface area contributed by atoms with Gasteiger partial charge in [-0.1, -0.05) is 42.5 Å². The van der Waals surface area contributed by atoms with Crippen LogP contribution in [0.2, 0.25) is 0 Å². The molecule has 8 nitrogen and oxygen atoms in total. The van der Waals surface area contributed by atoms with Crippen LogP contribution in [0.1, 0.15) is 16.1 Å². The predicted molar refractivity (Wildman–Crippen MR) is 127 cm³/mol. The third-order valence-corrected chi connectivity index (χ3v) is 5.42. The molecule has 0 saturated heterocycles. The summed E-state index contributed by atoms with van der Waals surface area (Å²) in [7, 11) is 4.42. The Bertz CT molecular complexity index is 1390. The quantitative estimate of drug-likeness (QED) is 0.398. The Morgan fingerprint density at radius 3 is 2.15 bits per heavy atom. The van der Waals surface area contributed by atoms with Crippen molar-refractivity contribution < 1.29 is 28.8 Å². The van der Waals surface area contributed by atoms with E-state index in [1.54, 1.807) is 30.3 Å². The predicted octanol–water partition coefficient (Wildman–Crippen LogP) is 4.50. The van der Waals surface area contributed by atoms with Gasteiger partial charge in [-0.25, -0.2) is 4.79 Å². The number of rotatable bonds is 8. The molecule has 0 saturated carbocycles. The van der Waals surface area contributed by atoms with E-state index < -0.39 is 11.5 Å². The van der Waals surface area contributed by atoms with Gasteiger partial charge in [0.25, 0.3) is 5.56 Å². The molecule has 0 aliphatic heterocycles. The maximum absolute atomic E-state index is 13.0. The zero-order valence-corrected chi connectivity index (χ0v) is 18.9. The Balaban J connectivity index is 1.96. The van der Waals surface area contributed by atoms with Gasteiger partial charge in [-0.15, -0.1) is 0 Å². The number of nitrogens with one attached hydrogen (secondary N) is 1. The molecular formula is C26H23NO7. The van der Waals surface area contributed by atoms with E-state index in [4.69, 9.17) is 18.9 Å². The summed E-state index contributed by atoms with van der Waals surface area (Å²) < 4.78 is 22.2. The van der Waals surface area contributed by atoms with Crippen molar-refractivity contribution in [3.8, 4) is 34.1 Å². The van der Waals surface area contributed by atoms with Crippen molar-refractivity contribution in [1.82, 2.24) is 4.98 Å². The first-order chi connectivity index (χ1) is 16.5. The molecule has 2 N–H and O–H groups in total. The molecule has 0 amide bonds. The average Bonchev–Trinajstić information content (AvgIpc) is 2.86. The Morgan fingerprint density at radius 2 is 1.56 bits per heavy atom. The van der Waals surface area contributed by atoms with Crippen LogP contribution in [0, 0.1) is 0 Å². The fraction of sp³-hybridized carbons (Fsp3) is 0.154. The minimum Gasteiger partial charge on any atom is -0.493 e. The lowest BCUT2D eigenvalue weighted by Gasteiger charge is -2.17. The second-order valence-corrected chi connectivity index (χ2v) is 7.38. The standard InChI is InChI=1S/C26H23NO7/c1-31-19-12-16(13-20(32-2)24(19)33-3)21-17-10-7-11-18(34-14-15-8-5-4-6-9-15)22(17)25(28)27-23(21)26(29)30/h4-13H,14H2,1-3H3,(H,27,28)(H,29,30). The molecule has 4 rings (SSSR count). The Labute approximate surface area is 195 Å². The lowest BCUT2D eigenvalue weighted by Crippen LogP contribution is -2.16. The Hall–Kier alpha value is -4.46. The molecule has 8 heteroatoms. The Morgan fingerprint density at radius 1 is 0.882 bits per heavy atom. The average molecular weight is 461 g/mol. The minimum atomic E-state index is -1.28. The van der Waals surface area contributed by atoms with Crippen molar-refractivity contribution in [1.29, 1.82) is 0 Å². The molecular weight excluding hydrogens is 438 g/mol. The van der Waals surface area contributed by atoms with Crippen molar-refractivity contribution in [2.45, 2.75) is 6.61 Å². The highest BCUT2D eigenvalue weighted by Crippen LogP contribution is 2.43. The highest BCUT2D eigenvalue weighted by molar-refractivity contribution is 6.07. The molecule has 0 aliphatic rings. The molecule has 34 heavy (non-hydrogen) atoms. The minimum absolute atomic E-state index is 0.243. The van der Waals surface area contributed by atoms with Crippen LogP contribution in [0.4, 0.5) is 0 Å². The lowest BCUT2D eigenvalue weighted by molar-refractivity contribution is 0.0691. The number of hydrogen-bond acceptors (Lipinski definition) is 6. The summed E-state index contributed by atoms with van der Waals surface area (Å²) in [6.45, 7) is 0.250. The van der Waals surface area contributed by atoms with Crippen LogP contribution >= 0.6 is 0 Å². The largest absolute Gasteiger partial charge is 0.493 e. The van der Waals surface area contributed by atoms with Crippen molar-refractivity contribution in [3.63, 3.8) is 0 Å². The maximum atomic E-state index is 13.0. The molecule has 3 aromatic carbocycles. The van der Waals surface area contributed by atoms with E-state index in [9.17, 15) is 14.7 Å². The molecule has 0 fully saturated rings. The van der Waals surface area contributed by atoms with Crippen LogP contribution in [0.15, 0.2) is 65.5 Å². The van der Waals surface area contributed by atoms with Gasteiger partial charge >= 0.3 is 5.97 Å². The van der Waals surface area contributed by atoms with Gasteiger partial charge in [-0.3, -0.25) is 4.79 Å². The van der Waals surface area contributed by atoms with E-state index in [-0.39, 0.29) is 17.7 Å². The number of carboxylic acid groups (broad SMARTS) is 1. The summed E-state index contributed by atoms with van der Waals surface area (Å²) in [4.78, 5) is 27.6. The number of ether oxygens (including phenoxy) is 4. The number of fused-ring (bicyclic) bond motifs is 1. The highest BCUT2D eigenvalue weighted by Gasteiger charge is 2.23. The molecule has 1 aromatic heterocycles. The fourth-order valence-electron chi connectivity index (χ4n) is 3.89. The monoisotopic (exact) mass is 461 g/mol. The van der Waals surface area contributed by atoms with Gasteiger partial charge in [0.15, 0.2) is 11.5 Å². The van der Waals surface area contributed by atoms with Crippen LogP contribution in [-0.4, -0.2) is 37.4 Å². The summed E-state index contributed by atoms with van der Waals surface area (Å²) >= 11 is 0. The third kappa shape index (κ3) is 4.13. The van der Waals surface area contributed by atoms with E-state index in [0.717, 1.165) is 5.56 Å². The van der Waals surface area contributed by atoms with Gasteiger partial charge in [0.2, 0.25) is 5.75 Å². The summed E-state index contributed by atoms with van der Waals surface area (Å²) in [5.41, 5.74) is 0.877. The van der Waals surface area contributed by atoms with Crippen LogP contribution < -0.4 is 24.5 Å². The number of methoxy groups -OCH3 is 3. The second kappa shape index (κ2) is 9.58. The highest BCUT2D eigenvalue weighted by atomic mass is 16.5. The number of hydrogen-bond donors (Lipinski definition) is 2. The molecule has 0 atom stereocenters. The van der Waals surface area contributed by atoms with E-state index in [1.165, 1.54) is 21.3 Å². The van der Waals surface area contributed by atoms with Gasteiger partial charge in [0, 0.05) is 10.9 Å². The molecule has 0 bridgehead atoms. The van der Waals surface area contributed by atoms with Gasteiger partial charge in [0.05, 0.1) is 26.7 Å². The summed E-state index contributed by atoms with van der Waals surface area (Å²) in [5.74, 6) is 0.130. The second-order valence-electron chi connectivity index (χ2n) is 7.38. The van der Waals surface area contributed by atoms with Crippen molar-refractivity contribution in [2.24, 2.45) is 0 Å². The molecule has 4 aromatic rings. The van der Waals surface area contributed by atoms with Gasteiger partial charge in [-0.2, -0.15) is 0 Å². The normalized spacial score (nSPS) is 10.7. The third-order valence-electron chi connectivity index (χ3n) is 5.42. The molecule has 0 spiro atoms. The zero-order valence-electron chi connectivity index (χ0n) is 18.9. The number of benzene rings is 3. The first-order valence-corrected chi connectivity index (χ1v) is 10.4. The van der Waals surface area contributed by atoms with E-state index in [0.29, 0.717) is 39.5 Å². The van der Waals surface area contributed by atoms with Gasteiger partial charge in [-0.05, 0) is 29.3 Å². The molecule has 0 aliphatic carbocycles. The number of aromatic nitrogens is 1. The number of aromatic amines is 1. The van der Waals surface area contributed by atoms with Crippen LogP contribution in [0.3, 0.4) is 0 Å². The van der Waals surface area contributed by atoms with Crippen molar-refractivity contribution in [2.75, 3.05) is 21.3 Å². The van der Waals surface area contributed by atoms with Gasteiger partial charge in [0.1, 0.15) is 18.1 Å². The topological polar surface area (TPSA) is 107 Å². The van der Waals surface area contributed by atoms with Gasteiger partial charge < -0.3 is 29.0 Å². The van der Waals surface area contributed by atoms with E-state index in [2.05, 4.69) is 4.98 Å². The Kier molecular flexibility index (Phi) is 6.40. The van der Waals surface area contributed by atoms with Crippen LogP contribution in [0.5, 0.6) is 23.0 Å². The summed E-state index contributed by atoms with van der Waals surface area (Å²) in [5, 5.41) is 10.6. The van der Waals surface area contributed by atoms with Crippen molar-refractivity contribution >= 4 is 16.7 Å². The zero-order chi connectivity index (χ0) is 24.2. The smallest absolute Gasteiger partial charge is 0.353 e. The summed E-state index contributed by atoms with van der Waals surface area (Å²) in [6, 6.07) is 17.9. The molecule has 1 heterocycles. The molecule has 0 radical (unpaired) electrons. The lowest BCUT2D eigenvalue weighted by atomic mass is 9.96. The fourth-order valence-corrected chi connectivity index (χ4v) is 3.89. The van der Waals surface area contributed by atoms with E-state index >= 15 is 0 Å². The number of H-pyrrole nitrogens is 1. The number of pyridine rings is 1. The number of carbonyl (C=O) groups is 1. The summed E-state index contributed by atoms with van der Waals surface area (Å²) in [6.07, 6.45) is 0. The molecule has 0 unspecified atom stereocenters. The first kappa shape index (κ1) is 22.7. The van der Waals surface area contributed by atoms with Crippen molar-refractivity contribution in [3.05, 3.63) is 82.3 Å². The van der Waals surface area contributed by atoms with Crippen LogP contribution in [0.25, 0.3) is 21.9 Å². The maximum Gasteiger partial charge on any atom is 0.353 e. The SMILES string of the molecule is COc1cc(-c2c(C(=O)O)[nH]c(=O)c3c(OCc4ccccc4)cccc23)cc(OC)c1OC. The number of carboxylic acids is 1.